The van der Waals surface area contributed by atoms with Crippen LogP contribution >= 0.6 is 11.6 Å². The first kappa shape index (κ1) is 12.4. The molecule has 1 aromatic carbocycles. The Morgan fingerprint density at radius 1 is 1.50 bits per heavy atom. The molecule has 0 radical (unpaired) electrons. The van der Waals surface area contributed by atoms with Crippen molar-refractivity contribution < 1.29 is 9.72 Å². The fourth-order valence-corrected chi connectivity index (χ4v) is 1.12. The summed E-state index contributed by atoms with van der Waals surface area (Å²) in [6.45, 7) is 2.49. The first-order valence-electron chi connectivity index (χ1n) is 4.55. The number of carbonyl (C=O) groups excluding carboxylic acids is 1. The molecule has 6 heteroatoms. The summed E-state index contributed by atoms with van der Waals surface area (Å²) in [5.74, 6) is -0.681. The zero-order chi connectivity index (χ0) is 12.3. The Hall–Kier alpha value is -1.62. The Morgan fingerprint density at radius 2 is 2.12 bits per heavy atom. The topological polar surface area (TPSA) is 72.2 Å². The molecule has 1 N–H and O–H groups in total. The quantitative estimate of drug-likeness (QED) is 0.653. The van der Waals surface area contributed by atoms with Gasteiger partial charge in [0, 0.05) is 29.5 Å². The van der Waals surface area contributed by atoms with E-state index in [0.717, 1.165) is 0 Å². The van der Waals surface area contributed by atoms with Crippen LogP contribution < -0.4 is 5.32 Å². The van der Waals surface area contributed by atoms with Crippen molar-refractivity contribution in [3.05, 3.63) is 39.4 Å². The lowest BCUT2D eigenvalue weighted by molar-refractivity contribution is -0.542. The van der Waals surface area contributed by atoms with Gasteiger partial charge in [0.2, 0.25) is 0 Å². The van der Waals surface area contributed by atoms with Gasteiger partial charge >= 0.3 is 5.91 Å². The molecule has 1 aromatic rings. The molecule has 0 aromatic heterocycles. The SMILES string of the molecule is CC(C)(C(=O)Nc1cccc(Cl)c1)[N+](=O)[O-]. The molecule has 86 valence electrons. The van der Waals surface area contributed by atoms with E-state index in [1.165, 1.54) is 19.9 Å². The summed E-state index contributed by atoms with van der Waals surface area (Å²) in [6.07, 6.45) is 0. The Labute approximate surface area is 97.6 Å². The minimum atomic E-state index is -1.66. The third kappa shape index (κ3) is 2.70. The van der Waals surface area contributed by atoms with Crippen LogP contribution in [0.4, 0.5) is 5.69 Å². The number of benzene rings is 1. The van der Waals surface area contributed by atoms with Crippen LogP contribution in [-0.4, -0.2) is 16.4 Å². The number of nitro groups is 1. The van der Waals surface area contributed by atoms with Gasteiger partial charge in [-0.2, -0.15) is 0 Å². The summed E-state index contributed by atoms with van der Waals surface area (Å²) in [6, 6.07) is 6.43. The molecule has 0 fully saturated rings. The van der Waals surface area contributed by atoms with Crippen molar-refractivity contribution in [1.82, 2.24) is 0 Å². The minimum absolute atomic E-state index is 0.437. The van der Waals surface area contributed by atoms with Crippen molar-refractivity contribution in [2.45, 2.75) is 19.4 Å². The van der Waals surface area contributed by atoms with Gasteiger partial charge in [0.05, 0.1) is 0 Å². The lowest BCUT2D eigenvalue weighted by Crippen LogP contribution is -2.44. The van der Waals surface area contributed by atoms with E-state index in [1.54, 1.807) is 18.2 Å². The minimum Gasteiger partial charge on any atom is -0.320 e. The van der Waals surface area contributed by atoms with Crippen LogP contribution in [0.5, 0.6) is 0 Å². The Kier molecular flexibility index (Phi) is 3.49. The molecule has 0 bridgehead atoms. The zero-order valence-corrected chi connectivity index (χ0v) is 9.62. The van der Waals surface area contributed by atoms with Gasteiger partial charge in [-0.05, 0) is 18.2 Å². The van der Waals surface area contributed by atoms with Crippen LogP contribution in [0.1, 0.15) is 13.8 Å². The van der Waals surface area contributed by atoms with E-state index in [2.05, 4.69) is 5.32 Å². The average Bonchev–Trinajstić information content (AvgIpc) is 2.17. The van der Waals surface area contributed by atoms with E-state index in [1.807, 2.05) is 0 Å². The molecule has 1 amide bonds. The van der Waals surface area contributed by atoms with Gasteiger partial charge in [-0.3, -0.25) is 14.9 Å². The molecular weight excluding hydrogens is 232 g/mol. The number of hydrogen-bond donors (Lipinski definition) is 1. The van der Waals surface area contributed by atoms with Crippen LogP contribution in [-0.2, 0) is 4.79 Å². The van der Waals surface area contributed by atoms with Gasteiger partial charge in [-0.15, -0.1) is 0 Å². The number of nitrogens with one attached hydrogen (secondary N) is 1. The molecule has 0 heterocycles. The van der Waals surface area contributed by atoms with Crippen LogP contribution in [0.3, 0.4) is 0 Å². The third-order valence-electron chi connectivity index (χ3n) is 2.09. The van der Waals surface area contributed by atoms with Gasteiger partial charge in [0.25, 0.3) is 5.54 Å². The molecule has 0 spiro atoms. The molecule has 0 atom stereocenters. The maximum absolute atomic E-state index is 11.6. The van der Waals surface area contributed by atoms with Gasteiger partial charge < -0.3 is 5.32 Å². The van der Waals surface area contributed by atoms with Crippen LogP contribution in [0.2, 0.25) is 5.02 Å². The fraction of sp³-hybridized carbons (Fsp3) is 0.300. The summed E-state index contributed by atoms with van der Waals surface area (Å²) in [7, 11) is 0. The Balaban J connectivity index is 2.83. The molecule has 0 aliphatic rings. The number of anilines is 1. The molecule has 0 saturated carbocycles. The van der Waals surface area contributed by atoms with Crippen molar-refractivity contribution in [3.8, 4) is 0 Å². The summed E-state index contributed by atoms with van der Waals surface area (Å²) in [4.78, 5) is 21.6. The Morgan fingerprint density at radius 3 is 2.62 bits per heavy atom. The van der Waals surface area contributed by atoms with Crippen molar-refractivity contribution >= 4 is 23.2 Å². The van der Waals surface area contributed by atoms with Crippen LogP contribution in [0.15, 0.2) is 24.3 Å². The Bertz CT molecular complexity index is 432. The van der Waals surface area contributed by atoms with E-state index < -0.39 is 16.4 Å². The van der Waals surface area contributed by atoms with Gasteiger partial charge in [0.1, 0.15) is 0 Å². The molecule has 0 saturated heterocycles. The third-order valence-corrected chi connectivity index (χ3v) is 2.33. The largest absolute Gasteiger partial charge is 0.320 e. The molecule has 0 unspecified atom stereocenters. The van der Waals surface area contributed by atoms with E-state index >= 15 is 0 Å². The van der Waals surface area contributed by atoms with Crippen molar-refractivity contribution in [2.75, 3.05) is 5.32 Å². The maximum Gasteiger partial charge on any atom is 0.301 e. The molecule has 0 aliphatic heterocycles. The molecule has 0 aliphatic carbocycles. The van der Waals surface area contributed by atoms with Gasteiger partial charge in [0.15, 0.2) is 0 Å². The summed E-state index contributed by atoms with van der Waals surface area (Å²) < 4.78 is 0. The second-order valence-corrected chi connectivity index (χ2v) is 4.22. The first-order valence-corrected chi connectivity index (χ1v) is 4.93. The molecule has 1 rings (SSSR count). The molecule has 16 heavy (non-hydrogen) atoms. The van der Waals surface area contributed by atoms with E-state index in [9.17, 15) is 14.9 Å². The number of nitrogens with zero attached hydrogens (tertiary/aromatic N) is 1. The number of carbonyl (C=O) groups is 1. The van der Waals surface area contributed by atoms with E-state index in [0.29, 0.717) is 10.7 Å². The fourth-order valence-electron chi connectivity index (χ4n) is 0.933. The van der Waals surface area contributed by atoms with Crippen molar-refractivity contribution in [1.29, 1.82) is 0 Å². The highest BCUT2D eigenvalue weighted by atomic mass is 35.5. The summed E-state index contributed by atoms with van der Waals surface area (Å²) >= 11 is 5.72. The lowest BCUT2D eigenvalue weighted by atomic mass is 10.1. The maximum atomic E-state index is 11.6. The van der Waals surface area contributed by atoms with Crippen molar-refractivity contribution in [2.24, 2.45) is 0 Å². The molecule has 5 nitrogen and oxygen atoms in total. The van der Waals surface area contributed by atoms with Gasteiger partial charge in [-0.25, -0.2) is 0 Å². The number of rotatable bonds is 3. The monoisotopic (exact) mass is 242 g/mol. The normalized spacial score (nSPS) is 10.9. The molecular formula is C10H11ClN2O3. The van der Waals surface area contributed by atoms with Crippen molar-refractivity contribution in [3.63, 3.8) is 0 Å². The second-order valence-electron chi connectivity index (χ2n) is 3.78. The summed E-state index contributed by atoms with van der Waals surface area (Å²) in [5, 5.41) is 13.5. The highest BCUT2D eigenvalue weighted by Crippen LogP contribution is 2.17. The van der Waals surface area contributed by atoms with Gasteiger partial charge in [-0.1, -0.05) is 17.7 Å². The summed E-state index contributed by atoms with van der Waals surface area (Å²) in [5.41, 5.74) is -1.23. The lowest BCUT2D eigenvalue weighted by Gasteiger charge is -2.15. The highest BCUT2D eigenvalue weighted by molar-refractivity contribution is 6.30. The predicted molar refractivity (Wildman–Crippen MR) is 61.2 cm³/mol. The second kappa shape index (κ2) is 4.49. The van der Waals surface area contributed by atoms with Crippen LogP contribution in [0, 0.1) is 10.1 Å². The van der Waals surface area contributed by atoms with E-state index in [4.69, 9.17) is 11.6 Å². The number of amides is 1. The standard InChI is InChI=1S/C10H11ClN2O3/c1-10(2,13(15)16)9(14)12-8-5-3-4-7(11)6-8/h3-6H,1-2H3,(H,12,14). The number of hydrogen-bond acceptors (Lipinski definition) is 3. The first-order chi connectivity index (χ1) is 7.34. The van der Waals surface area contributed by atoms with Crippen LogP contribution in [0.25, 0.3) is 0 Å². The van der Waals surface area contributed by atoms with E-state index in [-0.39, 0.29) is 0 Å². The zero-order valence-electron chi connectivity index (χ0n) is 8.86. The highest BCUT2D eigenvalue weighted by Gasteiger charge is 2.40. The predicted octanol–water partition coefficient (Wildman–Crippen LogP) is 2.33. The number of halogens is 1. The smallest absolute Gasteiger partial charge is 0.301 e. The average molecular weight is 243 g/mol.